The number of nitrogen functional groups attached to an aromatic ring is 1. The molecule has 0 spiro atoms. The summed E-state index contributed by atoms with van der Waals surface area (Å²) in [5, 5.41) is 5.14. The predicted octanol–water partition coefficient (Wildman–Crippen LogP) is 1.54. The molecule has 1 aliphatic carbocycles. The molecule has 5 heteroatoms. The molecule has 0 amide bonds. The van der Waals surface area contributed by atoms with Gasteiger partial charge in [-0.3, -0.25) is 4.68 Å². The van der Waals surface area contributed by atoms with E-state index in [1.165, 1.54) is 10.6 Å². The van der Waals surface area contributed by atoms with Gasteiger partial charge in [0.2, 0.25) is 0 Å². The lowest BCUT2D eigenvalue weighted by Gasteiger charge is -2.04. The summed E-state index contributed by atoms with van der Waals surface area (Å²) >= 11 is 1.61. The van der Waals surface area contributed by atoms with Crippen LogP contribution in [0.5, 0.6) is 0 Å². The van der Waals surface area contributed by atoms with Gasteiger partial charge < -0.3 is 5.73 Å². The van der Waals surface area contributed by atoms with Gasteiger partial charge in [0.15, 0.2) is 5.13 Å². The number of nitrogens with two attached hydrogens (primary N) is 1. The monoisotopic (exact) mass is 220 g/mol. The maximum atomic E-state index is 5.72. The Hall–Kier alpha value is -1.36. The molecule has 2 aromatic rings. The lowest BCUT2D eigenvalue weighted by atomic mass is 10.1. The van der Waals surface area contributed by atoms with Gasteiger partial charge in [0.05, 0.1) is 11.4 Å². The fourth-order valence-corrected chi connectivity index (χ4v) is 3.17. The first-order valence-corrected chi connectivity index (χ1v) is 5.80. The van der Waals surface area contributed by atoms with Gasteiger partial charge in [-0.05, 0) is 18.9 Å². The van der Waals surface area contributed by atoms with E-state index in [0.717, 1.165) is 18.5 Å². The van der Waals surface area contributed by atoms with Gasteiger partial charge in [0.25, 0.3) is 0 Å². The summed E-state index contributed by atoms with van der Waals surface area (Å²) in [4.78, 5) is 5.65. The van der Waals surface area contributed by atoms with Crippen LogP contribution in [-0.4, -0.2) is 14.8 Å². The highest BCUT2D eigenvalue weighted by Gasteiger charge is 2.29. The summed E-state index contributed by atoms with van der Waals surface area (Å²) < 4.78 is 1.84. The summed E-state index contributed by atoms with van der Waals surface area (Å²) in [5.74, 6) is 0.413. The van der Waals surface area contributed by atoms with Crippen molar-refractivity contribution >= 4 is 16.5 Å². The van der Waals surface area contributed by atoms with Crippen LogP contribution in [0.15, 0.2) is 12.3 Å². The molecular weight excluding hydrogens is 208 g/mol. The molecule has 0 bridgehead atoms. The second-order valence-electron chi connectivity index (χ2n) is 3.87. The third-order valence-electron chi connectivity index (χ3n) is 2.82. The summed E-state index contributed by atoms with van der Waals surface area (Å²) in [5.41, 5.74) is 8.03. The molecule has 1 unspecified atom stereocenters. The van der Waals surface area contributed by atoms with Gasteiger partial charge in [-0.2, -0.15) is 5.10 Å². The first-order chi connectivity index (χ1) is 7.24. The largest absolute Gasteiger partial charge is 0.375 e. The number of fused-ring (bicyclic) bond motifs is 1. The van der Waals surface area contributed by atoms with Crippen molar-refractivity contribution in [2.45, 2.75) is 18.8 Å². The number of nitrogens with zero attached hydrogens (tertiary/aromatic N) is 3. The fraction of sp³-hybridized carbons (Fsp3) is 0.400. The van der Waals surface area contributed by atoms with Crippen LogP contribution in [0.4, 0.5) is 5.13 Å². The molecule has 4 nitrogen and oxygen atoms in total. The Morgan fingerprint density at radius 1 is 1.60 bits per heavy atom. The van der Waals surface area contributed by atoms with Crippen LogP contribution < -0.4 is 5.73 Å². The molecule has 2 heterocycles. The molecule has 0 saturated carbocycles. The molecule has 3 rings (SSSR count). The van der Waals surface area contributed by atoms with Crippen molar-refractivity contribution in [3.8, 4) is 0 Å². The van der Waals surface area contributed by atoms with Crippen molar-refractivity contribution in [1.82, 2.24) is 14.8 Å². The second kappa shape index (κ2) is 3.06. The maximum absolute atomic E-state index is 5.72. The summed E-state index contributed by atoms with van der Waals surface area (Å²) in [7, 11) is 1.94. The molecule has 1 atom stereocenters. The maximum Gasteiger partial charge on any atom is 0.180 e. The number of anilines is 1. The zero-order valence-electron chi connectivity index (χ0n) is 8.47. The molecule has 15 heavy (non-hydrogen) atoms. The minimum Gasteiger partial charge on any atom is -0.375 e. The fourth-order valence-electron chi connectivity index (χ4n) is 2.15. The van der Waals surface area contributed by atoms with Crippen molar-refractivity contribution in [2.75, 3.05) is 5.73 Å². The standard InChI is InChI=1S/C10H12N4S/c1-14-5-4-7(13-14)6-2-3-8-9(6)15-10(11)12-8/h4-6H,2-3H2,1H3,(H2,11,12). The lowest BCUT2D eigenvalue weighted by Crippen LogP contribution is -1.97. The van der Waals surface area contributed by atoms with E-state index in [2.05, 4.69) is 16.1 Å². The van der Waals surface area contributed by atoms with Crippen LogP contribution in [0, 0.1) is 0 Å². The second-order valence-corrected chi connectivity index (χ2v) is 4.93. The SMILES string of the molecule is Cn1ccc(C2CCc3nc(N)sc32)n1. The Kier molecular flexibility index (Phi) is 1.82. The Morgan fingerprint density at radius 2 is 2.47 bits per heavy atom. The average molecular weight is 220 g/mol. The van der Waals surface area contributed by atoms with Gasteiger partial charge in [-0.15, -0.1) is 11.3 Å². The average Bonchev–Trinajstić information content (AvgIpc) is 2.80. The smallest absolute Gasteiger partial charge is 0.180 e. The highest BCUT2D eigenvalue weighted by molar-refractivity contribution is 7.15. The van der Waals surface area contributed by atoms with E-state index in [-0.39, 0.29) is 0 Å². The third kappa shape index (κ3) is 1.34. The van der Waals surface area contributed by atoms with E-state index in [1.54, 1.807) is 11.3 Å². The molecule has 0 fully saturated rings. The van der Waals surface area contributed by atoms with Crippen LogP contribution in [0.2, 0.25) is 0 Å². The van der Waals surface area contributed by atoms with Crippen molar-refractivity contribution in [3.63, 3.8) is 0 Å². The molecule has 0 aliphatic heterocycles. The third-order valence-corrected chi connectivity index (χ3v) is 3.86. The number of thiazole rings is 1. The van der Waals surface area contributed by atoms with E-state index in [9.17, 15) is 0 Å². The highest BCUT2D eigenvalue weighted by atomic mass is 32.1. The van der Waals surface area contributed by atoms with Crippen molar-refractivity contribution in [3.05, 3.63) is 28.5 Å². The Morgan fingerprint density at radius 3 is 3.20 bits per heavy atom. The number of hydrogen-bond acceptors (Lipinski definition) is 4. The van der Waals surface area contributed by atoms with Crippen LogP contribution >= 0.6 is 11.3 Å². The zero-order valence-corrected chi connectivity index (χ0v) is 9.29. The molecule has 2 aromatic heterocycles. The molecule has 78 valence electrons. The minimum atomic E-state index is 0.413. The lowest BCUT2D eigenvalue weighted by molar-refractivity contribution is 0.699. The van der Waals surface area contributed by atoms with Crippen LogP contribution in [0.1, 0.15) is 28.6 Å². The van der Waals surface area contributed by atoms with E-state index >= 15 is 0 Å². The summed E-state index contributed by atoms with van der Waals surface area (Å²) in [6.45, 7) is 0. The van der Waals surface area contributed by atoms with E-state index in [0.29, 0.717) is 11.0 Å². The van der Waals surface area contributed by atoms with E-state index in [4.69, 9.17) is 5.73 Å². The van der Waals surface area contributed by atoms with Crippen molar-refractivity contribution < 1.29 is 0 Å². The van der Waals surface area contributed by atoms with Crippen LogP contribution in [-0.2, 0) is 13.5 Å². The van der Waals surface area contributed by atoms with Gasteiger partial charge >= 0.3 is 0 Å². The first kappa shape index (κ1) is 8.91. The molecule has 1 aliphatic rings. The number of rotatable bonds is 1. The van der Waals surface area contributed by atoms with E-state index < -0.39 is 0 Å². The molecule has 0 radical (unpaired) electrons. The Labute approximate surface area is 91.7 Å². The molecule has 0 aromatic carbocycles. The minimum absolute atomic E-state index is 0.413. The quantitative estimate of drug-likeness (QED) is 0.793. The van der Waals surface area contributed by atoms with Gasteiger partial charge in [0.1, 0.15) is 0 Å². The normalized spacial score (nSPS) is 19.4. The number of hydrogen-bond donors (Lipinski definition) is 1. The van der Waals surface area contributed by atoms with Gasteiger partial charge in [-0.25, -0.2) is 4.98 Å². The highest BCUT2D eigenvalue weighted by Crippen LogP contribution is 2.41. The predicted molar refractivity (Wildman–Crippen MR) is 59.9 cm³/mol. The zero-order chi connectivity index (χ0) is 10.4. The number of aromatic nitrogens is 3. The Balaban J connectivity index is 2.02. The summed E-state index contributed by atoms with van der Waals surface area (Å²) in [6, 6.07) is 2.08. The van der Waals surface area contributed by atoms with Crippen molar-refractivity contribution in [2.24, 2.45) is 7.05 Å². The van der Waals surface area contributed by atoms with Crippen LogP contribution in [0.3, 0.4) is 0 Å². The van der Waals surface area contributed by atoms with Gasteiger partial charge in [-0.1, -0.05) is 0 Å². The topological polar surface area (TPSA) is 56.7 Å². The number of aryl methyl sites for hydroxylation is 2. The van der Waals surface area contributed by atoms with Crippen LogP contribution in [0.25, 0.3) is 0 Å². The Bertz CT molecular complexity index is 499. The van der Waals surface area contributed by atoms with Crippen molar-refractivity contribution in [1.29, 1.82) is 0 Å². The first-order valence-electron chi connectivity index (χ1n) is 4.98. The summed E-state index contributed by atoms with van der Waals surface area (Å²) in [6.07, 6.45) is 4.13. The molecular formula is C10H12N4S. The molecule has 2 N–H and O–H groups in total. The van der Waals surface area contributed by atoms with E-state index in [1.807, 2.05) is 17.9 Å². The van der Waals surface area contributed by atoms with Gasteiger partial charge in [0, 0.05) is 24.0 Å². The molecule has 0 saturated heterocycles.